The fraction of sp³-hybridized carbons (Fsp3) is 0.167. The zero-order chi connectivity index (χ0) is 7.56. The van der Waals surface area contributed by atoms with Crippen LogP contribution in [0.3, 0.4) is 0 Å². The Labute approximate surface area is 87.6 Å². The van der Waals surface area contributed by atoms with E-state index in [9.17, 15) is 0 Å². The Hall–Kier alpha value is -0.810. The van der Waals surface area contributed by atoms with Crippen LogP contribution in [0.2, 0.25) is 0 Å². The molecule has 1 heterocycles. The van der Waals surface area contributed by atoms with E-state index in [1.807, 2.05) is 6.07 Å². The van der Waals surface area contributed by atoms with Crippen molar-refractivity contribution in [1.29, 1.82) is 10.5 Å². The van der Waals surface area contributed by atoms with Crippen molar-refractivity contribution in [3.8, 4) is 12.1 Å². The van der Waals surface area contributed by atoms with E-state index in [-0.39, 0.29) is 42.4 Å². The van der Waals surface area contributed by atoms with Crippen molar-refractivity contribution in [2.24, 2.45) is 0 Å². The van der Waals surface area contributed by atoms with Gasteiger partial charge < -0.3 is 6.41 Å². The normalized spacial score (nSPS) is 7.55. The maximum absolute atomic E-state index is 8.39. The Morgan fingerprint density at radius 3 is 2.45 bits per heavy atom. The number of hydrogen-bond donors (Lipinski definition) is 1. The number of aryl methyl sites for hydroxylation is 1. The van der Waals surface area contributed by atoms with E-state index < -0.39 is 0 Å². The number of imidazole rings is 1. The molecule has 0 bridgehead atoms. The van der Waals surface area contributed by atoms with Crippen LogP contribution in [-0.2, 0) is 0 Å². The smallest absolute Gasteiger partial charge is 1.00 e. The second-order valence-corrected chi connectivity index (χ2v) is 1.77. The topological polar surface area (TPSA) is 76.3 Å². The van der Waals surface area contributed by atoms with Gasteiger partial charge in [-0.05, 0) is 6.92 Å². The molecule has 0 atom stereocenters. The molecule has 1 N–H and O–H groups in total. The number of hydrogen-bond acceptors (Lipinski definition) is 3. The predicted octanol–water partition coefficient (Wildman–Crippen LogP) is -2.42. The van der Waals surface area contributed by atoms with Gasteiger partial charge in [-0.1, -0.05) is 0 Å². The van der Waals surface area contributed by atoms with Gasteiger partial charge >= 0.3 is 29.6 Å². The molecule has 1 aromatic heterocycles. The van der Waals surface area contributed by atoms with E-state index in [2.05, 4.69) is 9.97 Å². The number of aromatic amines is 1. The number of nitrogens with one attached hydrogen (secondary N) is 1. The monoisotopic (exact) mass is 156 g/mol. The summed E-state index contributed by atoms with van der Waals surface area (Å²) in [6, 6.07) is 3.63. The SMILES string of the molecule is Cc1nc(C#N)c(C#N)[nH]1.[H-].[Na+]. The van der Waals surface area contributed by atoms with Crippen molar-refractivity contribution >= 4 is 0 Å². The zero-order valence-electron chi connectivity index (χ0n) is 7.34. The van der Waals surface area contributed by atoms with Gasteiger partial charge in [0.2, 0.25) is 0 Å². The van der Waals surface area contributed by atoms with Gasteiger partial charge in [-0.2, -0.15) is 10.5 Å². The van der Waals surface area contributed by atoms with Gasteiger partial charge in [0.15, 0.2) is 11.4 Å². The quantitative estimate of drug-likeness (QED) is 0.424. The van der Waals surface area contributed by atoms with E-state index in [0.29, 0.717) is 5.82 Å². The molecule has 50 valence electrons. The summed E-state index contributed by atoms with van der Waals surface area (Å²) < 4.78 is 0. The van der Waals surface area contributed by atoms with Crippen LogP contribution in [0.25, 0.3) is 0 Å². The zero-order valence-corrected chi connectivity index (χ0v) is 8.34. The van der Waals surface area contributed by atoms with Crippen molar-refractivity contribution in [2.45, 2.75) is 6.92 Å². The molecule has 0 unspecified atom stereocenters. The van der Waals surface area contributed by atoms with E-state index in [4.69, 9.17) is 10.5 Å². The van der Waals surface area contributed by atoms with Crippen molar-refractivity contribution in [1.82, 2.24) is 9.97 Å². The van der Waals surface area contributed by atoms with Crippen LogP contribution in [0.4, 0.5) is 0 Å². The van der Waals surface area contributed by atoms with Gasteiger partial charge in [-0.3, -0.25) is 0 Å². The van der Waals surface area contributed by atoms with Crippen molar-refractivity contribution in [3.05, 3.63) is 17.2 Å². The van der Waals surface area contributed by atoms with Crippen LogP contribution in [0.5, 0.6) is 0 Å². The molecule has 1 rings (SSSR count). The molecule has 0 radical (unpaired) electrons. The van der Waals surface area contributed by atoms with E-state index >= 15 is 0 Å². The molecule has 0 aliphatic carbocycles. The summed E-state index contributed by atoms with van der Waals surface area (Å²) in [5.41, 5.74) is 0.403. The van der Waals surface area contributed by atoms with E-state index in [1.165, 1.54) is 0 Å². The Balaban J connectivity index is 0. The van der Waals surface area contributed by atoms with E-state index in [1.54, 1.807) is 13.0 Å². The van der Waals surface area contributed by atoms with Crippen LogP contribution >= 0.6 is 0 Å². The molecule has 5 heteroatoms. The van der Waals surface area contributed by atoms with Crippen LogP contribution in [-0.4, -0.2) is 9.97 Å². The first kappa shape index (κ1) is 10.2. The first-order valence-electron chi connectivity index (χ1n) is 2.64. The van der Waals surface area contributed by atoms with Gasteiger partial charge in [-0.25, -0.2) is 4.98 Å². The third kappa shape index (κ3) is 2.06. The fourth-order valence-corrected chi connectivity index (χ4v) is 0.653. The van der Waals surface area contributed by atoms with Gasteiger partial charge in [0.05, 0.1) is 0 Å². The van der Waals surface area contributed by atoms with Gasteiger partial charge in [-0.15, -0.1) is 0 Å². The average Bonchev–Trinajstić information content (AvgIpc) is 2.30. The summed E-state index contributed by atoms with van der Waals surface area (Å²) >= 11 is 0. The van der Waals surface area contributed by atoms with Crippen LogP contribution < -0.4 is 29.6 Å². The van der Waals surface area contributed by atoms with Gasteiger partial charge in [0.1, 0.15) is 18.0 Å². The average molecular weight is 156 g/mol. The van der Waals surface area contributed by atoms with Crippen LogP contribution in [0.1, 0.15) is 18.6 Å². The van der Waals surface area contributed by atoms with E-state index in [0.717, 1.165) is 0 Å². The minimum Gasteiger partial charge on any atom is -1.00 e. The Bertz CT molecular complexity index is 301. The molecule has 11 heavy (non-hydrogen) atoms. The summed E-state index contributed by atoms with van der Waals surface area (Å²) in [4.78, 5) is 6.41. The third-order valence-electron chi connectivity index (χ3n) is 1.04. The number of H-pyrrole nitrogens is 1. The second kappa shape index (κ2) is 4.15. The van der Waals surface area contributed by atoms with Crippen molar-refractivity contribution in [2.75, 3.05) is 0 Å². The third-order valence-corrected chi connectivity index (χ3v) is 1.04. The maximum atomic E-state index is 8.39. The molecule has 1 aromatic rings. The van der Waals surface area contributed by atoms with Crippen LogP contribution in [0.15, 0.2) is 0 Å². The molecule has 0 amide bonds. The fourth-order valence-electron chi connectivity index (χ4n) is 0.653. The predicted molar refractivity (Wildman–Crippen MR) is 33.9 cm³/mol. The summed E-state index contributed by atoms with van der Waals surface area (Å²) in [5.74, 6) is 0.591. The Kier molecular flexibility index (Phi) is 3.84. The summed E-state index contributed by atoms with van der Waals surface area (Å²) in [6.07, 6.45) is 0. The summed E-state index contributed by atoms with van der Waals surface area (Å²) in [7, 11) is 0. The molecule has 0 saturated carbocycles. The Morgan fingerprint density at radius 2 is 2.09 bits per heavy atom. The molecule has 0 aromatic carbocycles. The number of aromatic nitrogens is 2. The molecule has 0 aliphatic heterocycles. The number of rotatable bonds is 0. The number of nitriles is 2. The standard InChI is InChI=1S/C6H4N4.Na.H/c1-4-9-5(2-7)6(3-8)10-4;;/h1H3,(H,9,10);;/q;+1;-1. The summed E-state index contributed by atoms with van der Waals surface area (Å²) in [6.45, 7) is 1.70. The largest absolute Gasteiger partial charge is 1.00 e. The molecule has 0 fully saturated rings. The van der Waals surface area contributed by atoms with Crippen LogP contribution in [0, 0.1) is 29.6 Å². The minimum absolute atomic E-state index is 0. The minimum atomic E-state index is 0. The summed E-state index contributed by atoms with van der Waals surface area (Å²) in [5, 5.41) is 16.8. The number of nitrogens with zero attached hydrogens (tertiary/aromatic N) is 3. The molecular formula is C6H5N4Na. The maximum Gasteiger partial charge on any atom is 1.00 e. The van der Waals surface area contributed by atoms with Gasteiger partial charge in [0.25, 0.3) is 0 Å². The molecule has 0 spiro atoms. The molecular weight excluding hydrogens is 151 g/mol. The molecule has 0 saturated heterocycles. The molecule has 0 aliphatic rings. The Morgan fingerprint density at radius 1 is 1.45 bits per heavy atom. The van der Waals surface area contributed by atoms with Crippen molar-refractivity contribution in [3.63, 3.8) is 0 Å². The first-order chi connectivity index (χ1) is 4.77. The first-order valence-corrected chi connectivity index (χ1v) is 2.64. The van der Waals surface area contributed by atoms with Crippen molar-refractivity contribution < 1.29 is 31.0 Å². The van der Waals surface area contributed by atoms with Gasteiger partial charge in [0, 0.05) is 0 Å². The second-order valence-electron chi connectivity index (χ2n) is 1.77. The molecule has 4 nitrogen and oxygen atoms in total.